The molecule has 0 atom stereocenters. The molecule has 2 aromatic carbocycles. The fourth-order valence-electron chi connectivity index (χ4n) is 2.27. The van der Waals surface area contributed by atoms with Crippen molar-refractivity contribution in [1.29, 1.82) is 0 Å². The van der Waals surface area contributed by atoms with Crippen LogP contribution in [-0.4, -0.2) is 5.91 Å². The summed E-state index contributed by atoms with van der Waals surface area (Å²) in [6.07, 6.45) is 0. The first-order valence-corrected chi connectivity index (χ1v) is 7.58. The van der Waals surface area contributed by atoms with Crippen LogP contribution in [0.15, 0.2) is 48.5 Å². The van der Waals surface area contributed by atoms with E-state index in [2.05, 4.69) is 31.3 Å². The van der Waals surface area contributed by atoms with Crippen molar-refractivity contribution in [3.05, 3.63) is 59.7 Å². The number of amides is 1. The predicted octanol–water partition coefficient (Wildman–Crippen LogP) is 4.31. The van der Waals surface area contributed by atoms with Gasteiger partial charge in [0.25, 0.3) is 0 Å². The lowest BCUT2D eigenvalue weighted by Crippen LogP contribution is -2.34. The standard InChI is InChI=1S/C19H24N2O/c1-13(2)14-5-11-17(12-6-14)21-18(22)19(3,4)15-7-9-16(20)10-8-15/h5-13H,20H2,1-4H3,(H,21,22). The van der Waals surface area contributed by atoms with Gasteiger partial charge in [-0.15, -0.1) is 0 Å². The molecule has 1 amide bonds. The highest BCUT2D eigenvalue weighted by atomic mass is 16.2. The quantitative estimate of drug-likeness (QED) is 0.826. The highest BCUT2D eigenvalue weighted by Gasteiger charge is 2.29. The molecule has 22 heavy (non-hydrogen) atoms. The molecule has 0 radical (unpaired) electrons. The molecule has 0 heterocycles. The molecular weight excluding hydrogens is 272 g/mol. The summed E-state index contributed by atoms with van der Waals surface area (Å²) in [6, 6.07) is 15.4. The number of carbonyl (C=O) groups is 1. The van der Waals surface area contributed by atoms with Crippen molar-refractivity contribution in [3.63, 3.8) is 0 Å². The van der Waals surface area contributed by atoms with E-state index >= 15 is 0 Å². The normalized spacial score (nSPS) is 11.5. The Morgan fingerprint density at radius 2 is 1.55 bits per heavy atom. The molecule has 0 spiro atoms. The van der Waals surface area contributed by atoms with Crippen LogP contribution in [-0.2, 0) is 10.2 Å². The number of nitrogens with two attached hydrogens (primary N) is 1. The molecule has 0 unspecified atom stereocenters. The van der Waals surface area contributed by atoms with Crippen LogP contribution in [0.4, 0.5) is 11.4 Å². The molecule has 0 bridgehead atoms. The SMILES string of the molecule is CC(C)c1ccc(NC(=O)C(C)(C)c2ccc(N)cc2)cc1. The first-order valence-electron chi connectivity index (χ1n) is 7.58. The maximum atomic E-state index is 12.6. The molecule has 2 aromatic rings. The zero-order chi connectivity index (χ0) is 16.3. The topological polar surface area (TPSA) is 55.1 Å². The third-order valence-corrected chi connectivity index (χ3v) is 4.04. The Morgan fingerprint density at radius 3 is 2.05 bits per heavy atom. The molecule has 0 aliphatic carbocycles. The molecule has 0 saturated heterocycles. The van der Waals surface area contributed by atoms with Crippen LogP contribution in [0.2, 0.25) is 0 Å². The van der Waals surface area contributed by atoms with E-state index in [0.29, 0.717) is 11.6 Å². The van der Waals surface area contributed by atoms with Crippen LogP contribution >= 0.6 is 0 Å². The van der Waals surface area contributed by atoms with Crippen molar-refractivity contribution in [3.8, 4) is 0 Å². The van der Waals surface area contributed by atoms with Gasteiger partial charge in [-0.05, 0) is 55.2 Å². The number of nitrogen functional groups attached to an aromatic ring is 1. The van der Waals surface area contributed by atoms with Gasteiger partial charge in [-0.1, -0.05) is 38.1 Å². The molecule has 0 fully saturated rings. The Bertz CT molecular complexity index is 640. The van der Waals surface area contributed by atoms with Gasteiger partial charge >= 0.3 is 0 Å². The molecule has 3 nitrogen and oxygen atoms in total. The van der Waals surface area contributed by atoms with E-state index in [0.717, 1.165) is 11.3 Å². The van der Waals surface area contributed by atoms with Crippen LogP contribution < -0.4 is 11.1 Å². The number of rotatable bonds is 4. The minimum Gasteiger partial charge on any atom is -0.399 e. The van der Waals surface area contributed by atoms with Crippen LogP contribution in [0, 0.1) is 0 Å². The Hall–Kier alpha value is -2.29. The van der Waals surface area contributed by atoms with Gasteiger partial charge in [0, 0.05) is 11.4 Å². The van der Waals surface area contributed by atoms with Gasteiger partial charge in [-0.3, -0.25) is 4.79 Å². The summed E-state index contributed by atoms with van der Waals surface area (Å²) >= 11 is 0. The number of nitrogens with one attached hydrogen (secondary N) is 1. The van der Waals surface area contributed by atoms with Crippen LogP contribution in [0.1, 0.15) is 44.7 Å². The fraction of sp³-hybridized carbons (Fsp3) is 0.316. The summed E-state index contributed by atoms with van der Waals surface area (Å²) in [4.78, 5) is 12.6. The van der Waals surface area contributed by atoms with Crippen molar-refractivity contribution < 1.29 is 4.79 Å². The van der Waals surface area contributed by atoms with Crippen molar-refractivity contribution >= 4 is 17.3 Å². The molecule has 0 aromatic heterocycles. The summed E-state index contributed by atoms with van der Waals surface area (Å²) in [7, 11) is 0. The highest BCUT2D eigenvalue weighted by molar-refractivity contribution is 5.98. The van der Waals surface area contributed by atoms with E-state index in [4.69, 9.17) is 5.73 Å². The average molecular weight is 296 g/mol. The third-order valence-electron chi connectivity index (χ3n) is 4.04. The number of benzene rings is 2. The van der Waals surface area contributed by atoms with Crippen molar-refractivity contribution in [1.82, 2.24) is 0 Å². The monoisotopic (exact) mass is 296 g/mol. The van der Waals surface area contributed by atoms with Crippen molar-refractivity contribution in [2.75, 3.05) is 11.1 Å². The Balaban J connectivity index is 2.15. The van der Waals surface area contributed by atoms with E-state index in [1.165, 1.54) is 5.56 Å². The smallest absolute Gasteiger partial charge is 0.234 e. The molecule has 2 rings (SSSR count). The second-order valence-corrected chi connectivity index (χ2v) is 6.48. The van der Waals surface area contributed by atoms with E-state index < -0.39 is 5.41 Å². The lowest BCUT2D eigenvalue weighted by Gasteiger charge is -2.24. The van der Waals surface area contributed by atoms with E-state index in [9.17, 15) is 4.79 Å². The molecule has 3 N–H and O–H groups in total. The van der Waals surface area contributed by atoms with Crippen LogP contribution in [0.5, 0.6) is 0 Å². The Kier molecular flexibility index (Phi) is 4.55. The Morgan fingerprint density at radius 1 is 1.00 bits per heavy atom. The summed E-state index contributed by atoms with van der Waals surface area (Å²) in [5, 5.41) is 2.99. The molecule has 116 valence electrons. The Labute approximate surface area is 132 Å². The fourth-order valence-corrected chi connectivity index (χ4v) is 2.27. The minimum atomic E-state index is -0.621. The number of hydrogen-bond donors (Lipinski definition) is 2. The van der Waals surface area contributed by atoms with E-state index in [-0.39, 0.29) is 5.91 Å². The zero-order valence-corrected chi connectivity index (χ0v) is 13.7. The zero-order valence-electron chi connectivity index (χ0n) is 13.7. The number of hydrogen-bond acceptors (Lipinski definition) is 2. The number of anilines is 2. The van der Waals surface area contributed by atoms with Crippen LogP contribution in [0.3, 0.4) is 0 Å². The lowest BCUT2D eigenvalue weighted by molar-refractivity contribution is -0.120. The number of carbonyl (C=O) groups excluding carboxylic acids is 1. The maximum absolute atomic E-state index is 12.6. The summed E-state index contributed by atoms with van der Waals surface area (Å²) in [5.74, 6) is 0.450. The second-order valence-electron chi connectivity index (χ2n) is 6.48. The maximum Gasteiger partial charge on any atom is 0.234 e. The first kappa shape index (κ1) is 16.1. The van der Waals surface area contributed by atoms with E-state index in [1.807, 2.05) is 50.2 Å². The van der Waals surface area contributed by atoms with Gasteiger partial charge in [0.05, 0.1) is 5.41 Å². The van der Waals surface area contributed by atoms with Gasteiger partial charge < -0.3 is 11.1 Å². The van der Waals surface area contributed by atoms with Gasteiger partial charge in [0.1, 0.15) is 0 Å². The largest absolute Gasteiger partial charge is 0.399 e. The van der Waals surface area contributed by atoms with Crippen molar-refractivity contribution in [2.45, 2.75) is 39.0 Å². The van der Waals surface area contributed by atoms with Gasteiger partial charge in [-0.25, -0.2) is 0 Å². The van der Waals surface area contributed by atoms with Crippen molar-refractivity contribution in [2.24, 2.45) is 0 Å². The molecule has 0 aliphatic heterocycles. The van der Waals surface area contributed by atoms with Gasteiger partial charge in [0.15, 0.2) is 0 Å². The third kappa shape index (κ3) is 3.48. The first-order chi connectivity index (χ1) is 10.3. The average Bonchev–Trinajstić information content (AvgIpc) is 2.48. The minimum absolute atomic E-state index is 0.0328. The van der Waals surface area contributed by atoms with E-state index in [1.54, 1.807) is 0 Å². The summed E-state index contributed by atoms with van der Waals surface area (Å²) in [6.45, 7) is 8.13. The molecule has 3 heteroatoms. The van der Waals surface area contributed by atoms with Gasteiger partial charge in [-0.2, -0.15) is 0 Å². The molecule has 0 saturated carbocycles. The predicted molar refractivity (Wildman–Crippen MR) is 93.0 cm³/mol. The van der Waals surface area contributed by atoms with Gasteiger partial charge in [0.2, 0.25) is 5.91 Å². The summed E-state index contributed by atoms with van der Waals surface area (Å²) < 4.78 is 0. The molecule has 0 aliphatic rings. The lowest BCUT2D eigenvalue weighted by atomic mass is 9.83. The second kappa shape index (κ2) is 6.22. The molecular formula is C19H24N2O. The summed E-state index contributed by atoms with van der Waals surface area (Å²) in [5.41, 5.74) is 8.81. The highest BCUT2D eigenvalue weighted by Crippen LogP contribution is 2.26. The van der Waals surface area contributed by atoms with Crippen LogP contribution in [0.25, 0.3) is 0 Å².